The number of methoxy groups -OCH3 is 1. The van der Waals surface area contributed by atoms with Gasteiger partial charge in [-0.25, -0.2) is 8.42 Å². The van der Waals surface area contributed by atoms with Crippen LogP contribution in [0.15, 0.2) is 53.4 Å². The highest BCUT2D eigenvalue weighted by atomic mass is 32.2. The summed E-state index contributed by atoms with van der Waals surface area (Å²) in [7, 11) is -2.47. The maximum absolute atomic E-state index is 12.4. The van der Waals surface area contributed by atoms with Crippen LogP contribution in [0.25, 0.3) is 0 Å². The lowest BCUT2D eigenvalue weighted by Crippen LogP contribution is -2.40. The number of hydrogen-bond acceptors (Lipinski definition) is 6. The zero-order chi connectivity index (χ0) is 23.2. The van der Waals surface area contributed by atoms with E-state index in [2.05, 4.69) is 30.8 Å². The van der Waals surface area contributed by atoms with Gasteiger partial charge in [0.2, 0.25) is 10.0 Å². The molecule has 2 N–H and O–H groups in total. The molecule has 0 radical (unpaired) electrons. The van der Waals surface area contributed by atoms with Gasteiger partial charge in [0, 0.05) is 5.69 Å². The lowest BCUT2D eigenvalue weighted by atomic mass is 9.87. The minimum Gasteiger partial charge on any atom is -0.497 e. The van der Waals surface area contributed by atoms with Gasteiger partial charge in [-0.3, -0.25) is 9.59 Å². The van der Waals surface area contributed by atoms with Gasteiger partial charge in [-0.15, -0.1) is 0 Å². The molecule has 0 spiro atoms. The average Bonchev–Trinajstić information content (AvgIpc) is 2.71. The second-order valence-corrected chi connectivity index (χ2v) is 9.72. The van der Waals surface area contributed by atoms with E-state index in [1.807, 2.05) is 12.1 Å². The van der Waals surface area contributed by atoms with Gasteiger partial charge < -0.3 is 14.8 Å². The summed E-state index contributed by atoms with van der Waals surface area (Å²) < 4.78 is 36.9. The van der Waals surface area contributed by atoms with Crippen LogP contribution in [0.4, 0.5) is 5.69 Å². The number of anilines is 1. The zero-order valence-electron chi connectivity index (χ0n) is 18.3. The highest BCUT2D eigenvalue weighted by Gasteiger charge is 2.24. The van der Waals surface area contributed by atoms with Gasteiger partial charge >= 0.3 is 5.97 Å². The number of rotatable bonds is 8. The highest BCUT2D eigenvalue weighted by Crippen LogP contribution is 2.23. The Labute approximate surface area is 183 Å². The Morgan fingerprint density at radius 1 is 1.00 bits per heavy atom. The van der Waals surface area contributed by atoms with Crippen LogP contribution >= 0.6 is 0 Å². The summed E-state index contributed by atoms with van der Waals surface area (Å²) in [5.74, 6) is -0.886. The van der Waals surface area contributed by atoms with E-state index in [4.69, 9.17) is 9.47 Å². The van der Waals surface area contributed by atoms with Crippen LogP contribution in [0.5, 0.6) is 5.75 Å². The van der Waals surface area contributed by atoms with Gasteiger partial charge in [-0.2, -0.15) is 4.72 Å². The van der Waals surface area contributed by atoms with Crippen molar-refractivity contribution in [3.05, 3.63) is 54.1 Å². The number of benzene rings is 2. The topological polar surface area (TPSA) is 111 Å². The Hall–Kier alpha value is -2.91. The molecule has 2 rings (SSSR count). The third kappa shape index (κ3) is 7.08. The van der Waals surface area contributed by atoms with Crippen LogP contribution in [0.3, 0.4) is 0 Å². The molecule has 8 nitrogen and oxygen atoms in total. The number of carbonyl (C=O) groups excluding carboxylic acids is 2. The zero-order valence-corrected chi connectivity index (χ0v) is 19.1. The Kier molecular flexibility index (Phi) is 7.80. The molecule has 0 fully saturated rings. The van der Waals surface area contributed by atoms with Gasteiger partial charge in [0.05, 0.1) is 12.0 Å². The van der Waals surface area contributed by atoms with Gasteiger partial charge in [0.1, 0.15) is 11.8 Å². The first-order valence-electron chi connectivity index (χ1n) is 9.66. The van der Waals surface area contributed by atoms with Crippen molar-refractivity contribution in [2.24, 2.45) is 0 Å². The number of sulfonamides is 1. The van der Waals surface area contributed by atoms with Crippen molar-refractivity contribution in [2.75, 3.05) is 19.0 Å². The largest absolute Gasteiger partial charge is 0.497 e. The molecule has 1 amide bonds. The van der Waals surface area contributed by atoms with Crippen LogP contribution in [0.2, 0.25) is 0 Å². The summed E-state index contributed by atoms with van der Waals surface area (Å²) in [6.45, 7) is 7.07. The molecule has 0 saturated heterocycles. The lowest BCUT2D eigenvalue weighted by molar-refractivity contribution is -0.148. The van der Waals surface area contributed by atoms with E-state index in [9.17, 15) is 18.0 Å². The first kappa shape index (κ1) is 24.4. The van der Waals surface area contributed by atoms with Crippen molar-refractivity contribution >= 4 is 27.6 Å². The molecule has 0 aromatic heterocycles. The molecule has 1 atom stereocenters. The first-order chi connectivity index (χ1) is 14.4. The van der Waals surface area contributed by atoms with E-state index >= 15 is 0 Å². The number of amides is 1. The van der Waals surface area contributed by atoms with Crippen molar-refractivity contribution in [1.82, 2.24) is 4.72 Å². The molecule has 0 saturated carbocycles. The Morgan fingerprint density at radius 2 is 1.58 bits per heavy atom. The molecule has 31 heavy (non-hydrogen) atoms. The molecule has 0 heterocycles. The van der Waals surface area contributed by atoms with Crippen molar-refractivity contribution in [3.8, 4) is 5.75 Å². The Balaban J connectivity index is 1.87. The Bertz CT molecular complexity index is 1010. The molecule has 2 aromatic rings. The van der Waals surface area contributed by atoms with E-state index in [1.54, 1.807) is 12.1 Å². The SMILES string of the molecule is COc1ccc(S(=O)(=O)N[C@@H](C)C(=O)OCC(=O)Nc2ccc(C(C)(C)C)cc2)cc1. The van der Waals surface area contributed by atoms with E-state index < -0.39 is 34.5 Å². The molecule has 0 aliphatic heterocycles. The fourth-order valence-electron chi connectivity index (χ4n) is 2.62. The quantitative estimate of drug-likeness (QED) is 0.601. The third-order valence-electron chi connectivity index (χ3n) is 4.44. The van der Waals surface area contributed by atoms with Gasteiger partial charge in [-0.1, -0.05) is 32.9 Å². The van der Waals surface area contributed by atoms with Crippen LogP contribution in [0.1, 0.15) is 33.3 Å². The minimum absolute atomic E-state index is 0.00659. The van der Waals surface area contributed by atoms with E-state index in [1.165, 1.54) is 38.3 Å². The van der Waals surface area contributed by atoms with Crippen molar-refractivity contribution in [2.45, 2.75) is 44.0 Å². The molecule has 0 aliphatic carbocycles. The minimum atomic E-state index is -3.94. The summed E-state index contributed by atoms with van der Waals surface area (Å²) in [5.41, 5.74) is 1.69. The van der Waals surface area contributed by atoms with Gasteiger partial charge in [0.15, 0.2) is 6.61 Å². The van der Waals surface area contributed by atoms with Crippen LogP contribution < -0.4 is 14.8 Å². The number of ether oxygens (including phenoxy) is 2. The number of carbonyl (C=O) groups is 2. The predicted octanol–water partition coefficient (Wildman–Crippen LogP) is 2.84. The second kappa shape index (κ2) is 9.93. The lowest BCUT2D eigenvalue weighted by Gasteiger charge is -2.19. The van der Waals surface area contributed by atoms with Crippen molar-refractivity contribution in [1.29, 1.82) is 0 Å². The van der Waals surface area contributed by atoms with Crippen LogP contribution in [-0.4, -0.2) is 40.1 Å². The van der Waals surface area contributed by atoms with E-state index in [0.717, 1.165) is 5.56 Å². The molecule has 0 aliphatic rings. The number of nitrogens with one attached hydrogen (secondary N) is 2. The predicted molar refractivity (Wildman–Crippen MR) is 118 cm³/mol. The fourth-order valence-corrected chi connectivity index (χ4v) is 3.81. The molecule has 9 heteroatoms. The molecule has 0 bridgehead atoms. The summed E-state index contributed by atoms with van der Waals surface area (Å²) in [5, 5.41) is 2.63. The fraction of sp³-hybridized carbons (Fsp3) is 0.364. The van der Waals surface area contributed by atoms with Gasteiger partial charge in [0.25, 0.3) is 5.91 Å². The second-order valence-electron chi connectivity index (χ2n) is 8.00. The maximum atomic E-state index is 12.4. The smallest absolute Gasteiger partial charge is 0.324 e. The first-order valence-corrected chi connectivity index (χ1v) is 11.1. The number of esters is 1. The summed E-state index contributed by atoms with van der Waals surface area (Å²) >= 11 is 0. The summed E-state index contributed by atoms with van der Waals surface area (Å²) in [6.07, 6.45) is 0. The molecule has 2 aromatic carbocycles. The van der Waals surface area contributed by atoms with Gasteiger partial charge in [-0.05, 0) is 54.3 Å². The van der Waals surface area contributed by atoms with Crippen LogP contribution in [0, 0.1) is 0 Å². The molecule has 0 unspecified atom stereocenters. The van der Waals surface area contributed by atoms with Crippen LogP contribution in [-0.2, 0) is 29.8 Å². The number of hydrogen-bond donors (Lipinski definition) is 2. The van der Waals surface area contributed by atoms with E-state index in [-0.39, 0.29) is 10.3 Å². The molecular formula is C22H28N2O6S. The Morgan fingerprint density at radius 3 is 2.10 bits per heavy atom. The van der Waals surface area contributed by atoms with E-state index in [0.29, 0.717) is 11.4 Å². The van der Waals surface area contributed by atoms with Crippen molar-refractivity contribution in [3.63, 3.8) is 0 Å². The third-order valence-corrected chi connectivity index (χ3v) is 5.99. The normalized spacial score (nSPS) is 12.7. The average molecular weight is 449 g/mol. The monoisotopic (exact) mass is 448 g/mol. The van der Waals surface area contributed by atoms with Crippen molar-refractivity contribution < 1.29 is 27.5 Å². The maximum Gasteiger partial charge on any atom is 0.324 e. The molecular weight excluding hydrogens is 420 g/mol. The standard InChI is InChI=1S/C22H28N2O6S/c1-15(24-31(27,28)19-12-10-18(29-5)11-13-19)21(26)30-14-20(25)23-17-8-6-16(7-9-17)22(2,3)4/h6-13,15,24H,14H2,1-5H3,(H,23,25)/t15-/m0/s1. The summed E-state index contributed by atoms with van der Waals surface area (Å²) in [6, 6.07) is 11.9. The highest BCUT2D eigenvalue weighted by molar-refractivity contribution is 7.89. The summed E-state index contributed by atoms with van der Waals surface area (Å²) in [4.78, 5) is 24.1. The molecule has 168 valence electrons.